The highest BCUT2D eigenvalue weighted by molar-refractivity contribution is 5.95. The number of carbonyl (C=O) groups is 1. The van der Waals surface area contributed by atoms with Crippen LogP contribution in [-0.2, 0) is 17.8 Å². The number of anilines is 2. The van der Waals surface area contributed by atoms with Crippen LogP contribution >= 0.6 is 0 Å². The fraction of sp³-hybridized carbons (Fsp3) is 0.261. The number of hydrogen-bond donors (Lipinski definition) is 3. The lowest BCUT2D eigenvalue weighted by Crippen LogP contribution is -2.39. The van der Waals surface area contributed by atoms with Crippen molar-refractivity contribution in [3.05, 3.63) is 89.5 Å². The van der Waals surface area contributed by atoms with Crippen LogP contribution in [0.15, 0.2) is 44.7 Å². The van der Waals surface area contributed by atoms with Crippen molar-refractivity contribution in [1.29, 1.82) is 5.26 Å². The molecule has 1 aromatic carbocycles. The van der Waals surface area contributed by atoms with Gasteiger partial charge in [0.1, 0.15) is 17.5 Å². The highest BCUT2D eigenvalue weighted by Crippen LogP contribution is 2.19. The molecule has 1 amide bonds. The number of pyridine rings is 1. The minimum Gasteiger partial charge on any atom is -0.383 e. The topological polar surface area (TPSA) is 158 Å². The molecule has 0 fully saturated rings. The van der Waals surface area contributed by atoms with Gasteiger partial charge in [-0.15, -0.1) is 0 Å². The third-order valence-corrected chi connectivity index (χ3v) is 5.62. The molecule has 2 heterocycles. The second-order valence-corrected chi connectivity index (χ2v) is 7.69. The Labute approximate surface area is 188 Å². The molecule has 0 bridgehead atoms. The second-order valence-electron chi connectivity index (χ2n) is 7.69. The number of nitrogen functional groups attached to an aromatic ring is 1. The summed E-state index contributed by atoms with van der Waals surface area (Å²) in [6, 6.07) is 11.0. The van der Waals surface area contributed by atoms with Crippen LogP contribution in [-0.4, -0.2) is 27.5 Å². The summed E-state index contributed by atoms with van der Waals surface area (Å²) in [5, 5.41) is 9.22. The van der Waals surface area contributed by atoms with Crippen molar-refractivity contribution < 1.29 is 4.79 Å². The summed E-state index contributed by atoms with van der Waals surface area (Å²) in [6.07, 6.45) is 0.236. The summed E-state index contributed by atoms with van der Waals surface area (Å²) >= 11 is 0. The maximum atomic E-state index is 12.9. The minimum atomic E-state index is -0.763. The zero-order chi connectivity index (χ0) is 24.3. The molecule has 170 valence electrons. The summed E-state index contributed by atoms with van der Waals surface area (Å²) in [7, 11) is 1.41. The summed E-state index contributed by atoms with van der Waals surface area (Å²) in [5.41, 5.74) is 6.70. The Balaban J connectivity index is 1.89. The summed E-state index contributed by atoms with van der Waals surface area (Å²) in [6.45, 7) is 3.48. The Morgan fingerprint density at radius 2 is 1.79 bits per heavy atom. The monoisotopic (exact) mass is 448 g/mol. The molecule has 0 radical (unpaired) electrons. The standard InChI is InChI=1S/C23H24N6O4/c1-13-16(14(2)26-21(31)17(13)11-24)9-10-18(30)28(3)19-20(25)29(23(33)27-22(19)32)12-15-7-5-4-6-8-15/h4-8H,9-10,12,25H2,1-3H3,(H,26,31)(H,27,32,33). The number of hydrogen-bond acceptors (Lipinski definition) is 6. The second kappa shape index (κ2) is 9.40. The van der Waals surface area contributed by atoms with Crippen LogP contribution in [0.3, 0.4) is 0 Å². The van der Waals surface area contributed by atoms with E-state index in [2.05, 4.69) is 9.97 Å². The Bertz CT molecular complexity index is 1430. The van der Waals surface area contributed by atoms with Gasteiger partial charge in [-0.1, -0.05) is 30.3 Å². The number of nitriles is 1. The maximum Gasteiger partial charge on any atom is 0.330 e. The van der Waals surface area contributed by atoms with Crippen molar-refractivity contribution in [1.82, 2.24) is 14.5 Å². The lowest BCUT2D eigenvalue weighted by Gasteiger charge is -2.21. The molecule has 0 aliphatic heterocycles. The number of aromatic nitrogens is 3. The van der Waals surface area contributed by atoms with Crippen molar-refractivity contribution >= 4 is 17.4 Å². The average molecular weight is 448 g/mol. The smallest absolute Gasteiger partial charge is 0.330 e. The predicted molar refractivity (Wildman–Crippen MR) is 124 cm³/mol. The Morgan fingerprint density at radius 1 is 1.12 bits per heavy atom. The van der Waals surface area contributed by atoms with Crippen LogP contribution in [0.1, 0.15) is 34.4 Å². The van der Waals surface area contributed by atoms with E-state index in [0.717, 1.165) is 10.5 Å². The number of benzene rings is 1. The zero-order valence-electron chi connectivity index (χ0n) is 18.6. The molecular formula is C23H24N6O4. The number of aromatic amines is 2. The molecule has 10 heteroatoms. The predicted octanol–water partition coefficient (Wildman–Crippen LogP) is 0.940. The van der Waals surface area contributed by atoms with E-state index in [1.807, 2.05) is 36.4 Å². The van der Waals surface area contributed by atoms with Gasteiger partial charge < -0.3 is 15.6 Å². The van der Waals surface area contributed by atoms with Gasteiger partial charge in [-0.05, 0) is 37.0 Å². The van der Waals surface area contributed by atoms with Crippen LogP contribution in [0.25, 0.3) is 0 Å². The first kappa shape index (κ1) is 23.3. The van der Waals surface area contributed by atoms with Gasteiger partial charge in [0.15, 0.2) is 5.69 Å². The third kappa shape index (κ3) is 4.62. The number of nitrogens with zero attached hydrogens (tertiary/aromatic N) is 3. The summed E-state index contributed by atoms with van der Waals surface area (Å²) in [4.78, 5) is 55.6. The Kier molecular flexibility index (Phi) is 6.63. The van der Waals surface area contributed by atoms with Crippen molar-refractivity contribution in [2.75, 3.05) is 17.7 Å². The SMILES string of the molecule is Cc1[nH]c(=O)c(C#N)c(C)c1CCC(=O)N(C)c1c(N)n(Cc2ccccc2)c(=O)[nH]c1=O. The van der Waals surface area contributed by atoms with Crippen LogP contribution < -0.4 is 27.4 Å². The van der Waals surface area contributed by atoms with Crippen LogP contribution in [0.5, 0.6) is 0 Å². The van der Waals surface area contributed by atoms with E-state index in [1.54, 1.807) is 13.8 Å². The highest BCUT2D eigenvalue weighted by atomic mass is 16.2. The number of carbonyl (C=O) groups excluding carboxylic acids is 1. The first-order valence-corrected chi connectivity index (χ1v) is 10.2. The maximum absolute atomic E-state index is 12.9. The first-order valence-electron chi connectivity index (χ1n) is 10.2. The fourth-order valence-electron chi connectivity index (χ4n) is 3.77. The molecule has 33 heavy (non-hydrogen) atoms. The van der Waals surface area contributed by atoms with Crippen molar-refractivity contribution in [2.24, 2.45) is 0 Å². The molecule has 0 atom stereocenters. The van der Waals surface area contributed by atoms with Gasteiger partial charge in [-0.25, -0.2) is 4.79 Å². The van der Waals surface area contributed by atoms with E-state index in [9.17, 15) is 24.4 Å². The first-order chi connectivity index (χ1) is 15.6. The fourth-order valence-corrected chi connectivity index (χ4v) is 3.77. The molecule has 3 aromatic rings. The molecule has 3 rings (SSSR count). The van der Waals surface area contributed by atoms with E-state index in [0.29, 0.717) is 16.8 Å². The van der Waals surface area contributed by atoms with E-state index < -0.39 is 22.7 Å². The number of rotatable bonds is 6. The molecule has 2 aromatic heterocycles. The molecule has 10 nitrogen and oxygen atoms in total. The van der Waals surface area contributed by atoms with E-state index in [4.69, 9.17) is 5.73 Å². The molecule has 0 saturated heterocycles. The summed E-state index contributed by atoms with van der Waals surface area (Å²) < 4.78 is 1.20. The van der Waals surface area contributed by atoms with Gasteiger partial charge in [0.05, 0.1) is 6.54 Å². The van der Waals surface area contributed by atoms with Gasteiger partial charge in [-0.2, -0.15) is 5.26 Å². The number of H-pyrrole nitrogens is 2. The van der Waals surface area contributed by atoms with Gasteiger partial charge in [-0.3, -0.25) is 23.9 Å². The van der Waals surface area contributed by atoms with E-state index in [-0.39, 0.29) is 36.5 Å². The number of amides is 1. The minimum absolute atomic E-state index is 0.00470. The normalized spacial score (nSPS) is 10.6. The Morgan fingerprint density at radius 3 is 2.42 bits per heavy atom. The number of aryl methyl sites for hydroxylation is 1. The van der Waals surface area contributed by atoms with Gasteiger partial charge in [0.2, 0.25) is 5.91 Å². The molecule has 0 spiro atoms. The molecule has 0 saturated carbocycles. The van der Waals surface area contributed by atoms with Crippen molar-refractivity contribution in [2.45, 2.75) is 33.2 Å². The zero-order valence-corrected chi connectivity index (χ0v) is 18.6. The van der Waals surface area contributed by atoms with Crippen LogP contribution in [0, 0.1) is 25.2 Å². The van der Waals surface area contributed by atoms with Gasteiger partial charge in [0, 0.05) is 19.2 Å². The van der Waals surface area contributed by atoms with Crippen LogP contribution in [0.2, 0.25) is 0 Å². The number of nitrogens with one attached hydrogen (secondary N) is 2. The van der Waals surface area contributed by atoms with Gasteiger partial charge in [0.25, 0.3) is 11.1 Å². The highest BCUT2D eigenvalue weighted by Gasteiger charge is 2.22. The van der Waals surface area contributed by atoms with Crippen molar-refractivity contribution in [3.63, 3.8) is 0 Å². The molecular weight excluding hydrogens is 424 g/mol. The largest absolute Gasteiger partial charge is 0.383 e. The third-order valence-electron chi connectivity index (χ3n) is 5.62. The Hall–Kier alpha value is -4.39. The van der Waals surface area contributed by atoms with Gasteiger partial charge >= 0.3 is 5.69 Å². The van der Waals surface area contributed by atoms with Crippen LogP contribution in [0.4, 0.5) is 11.5 Å². The number of nitrogens with two attached hydrogens (primary N) is 1. The average Bonchev–Trinajstić information content (AvgIpc) is 2.76. The van der Waals surface area contributed by atoms with Crippen molar-refractivity contribution in [3.8, 4) is 6.07 Å². The molecule has 0 unspecified atom stereocenters. The lowest BCUT2D eigenvalue weighted by atomic mass is 9.99. The van der Waals surface area contributed by atoms with E-state index in [1.165, 1.54) is 11.6 Å². The lowest BCUT2D eigenvalue weighted by molar-refractivity contribution is -0.118. The summed E-state index contributed by atoms with van der Waals surface area (Å²) in [5.74, 6) is -0.535. The molecule has 0 aliphatic rings. The quantitative estimate of drug-likeness (QED) is 0.509. The molecule has 0 aliphatic carbocycles. The van der Waals surface area contributed by atoms with E-state index >= 15 is 0 Å². The molecule has 4 N–H and O–H groups in total.